The van der Waals surface area contributed by atoms with E-state index in [4.69, 9.17) is 4.74 Å². The summed E-state index contributed by atoms with van der Waals surface area (Å²) in [5.41, 5.74) is 0. The first kappa shape index (κ1) is 12.5. The summed E-state index contributed by atoms with van der Waals surface area (Å²) in [5, 5.41) is 3.58. The van der Waals surface area contributed by atoms with Gasteiger partial charge in [-0.05, 0) is 62.7 Å². The average molecular weight is 251 g/mol. The van der Waals surface area contributed by atoms with Crippen LogP contribution in [0.2, 0.25) is 0 Å². The number of carbonyl (C=O) groups excluding carboxylic acids is 1. The molecule has 2 bridgehead atoms. The fourth-order valence-corrected chi connectivity index (χ4v) is 4.27. The number of esters is 1. The van der Waals surface area contributed by atoms with Crippen molar-refractivity contribution in [2.24, 2.45) is 23.7 Å². The van der Waals surface area contributed by atoms with Gasteiger partial charge < -0.3 is 10.1 Å². The number of hydrogen-bond donors (Lipinski definition) is 1. The quantitative estimate of drug-likeness (QED) is 0.762. The Morgan fingerprint density at radius 1 is 1.22 bits per heavy atom. The van der Waals surface area contributed by atoms with Crippen molar-refractivity contribution in [3.8, 4) is 0 Å². The third-order valence-electron chi connectivity index (χ3n) is 5.43. The maximum atomic E-state index is 11.8. The minimum absolute atomic E-state index is 0.0517. The van der Waals surface area contributed by atoms with Gasteiger partial charge >= 0.3 is 5.97 Å². The normalized spacial score (nSPS) is 37.6. The molecule has 18 heavy (non-hydrogen) atoms. The third kappa shape index (κ3) is 2.29. The molecular weight excluding hydrogens is 226 g/mol. The number of fused-ring (bicyclic) bond motifs is 2. The fourth-order valence-electron chi connectivity index (χ4n) is 4.27. The van der Waals surface area contributed by atoms with E-state index in [1.807, 2.05) is 0 Å². The van der Waals surface area contributed by atoms with Gasteiger partial charge in [0.05, 0.1) is 7.11 Å². The highest BCUT2D eigenvalue weighted by Gasteiger charge is 2.44. The molecule has 3 fully saturated rings. The lowest BCUT2D eigenvalue weighted by Gasteiger charge is -2.31. The smallest absolute Gasteiger partial charge is 0.323 e. The zero-order chi connectivity index (χ0) is 12.7. The first-order chi connectivity index (χ1) is 8.69. The molecule has 0 aromatic rings. The summed E-state index contributed by atoms with van der Waals surface area (Å²) in [4.78, 5) is 11.8. The molecule has 0 aliphatic heterocycles. The summed E-state index contributed by atoms with van der Waals surface area (Å²) < 4.78 is 4.94. The van der Waals surface area contributed by atoms with Crippen molar-refractivity contribution in [1.29, 1.82) is 0 Å². The van der Waals surface area contributed by atoms with Crippen LogP contribution in [0.5, 0.6) is 0 Å². The van der Waals surface area contributed by atoms with Crippen molar-refractivity contribution in [1.82, 2.24) is 5.32 Å². The van der Waals surface area contributed by atoms with E-state index >= 15 is 0 Å². The molecule has 1 N–H and O–H groups in total. The maximum absolute atomic E-state index is 11.8. The van der Waals surface area contributed by atoms with Crippen molar-refractivity contribution < 1.29 is 9.53 Å². The molecule has 0 amide bonds. The summed E-state index contributed by atoms with van der Waals surface area (Å²) in [6.45, 7) is 2.27. The number of ether oxygens (including phenoxy) is 1. The Balaban J connectivity index is 1.58. The van der Waals surface area contributed by atoms with Gasteiger partial charge in [0, 0.05) is 6.04 Å². The van der Waals surface area contributed by atoms with Gasteiger partial charge in [-0.2, -0.15) is 0 Å². The van der Waals surface area contributed by atoms with Crippen LogP contribution in [0.15, 0.2) is 0 Å². The van der Waals surface area contributed by atoms with Crippen LogP contribution < -0.4 is 5.32 Å². The van der Waals surface area contributed by atoms with Crippen molar-refractivity contribution in [2.45, 2.75) is 57.5 Å². The van der Waals surface area contributed by atoms with E-state index in [1.165, 1.54) is 45.6 Å². The van der Waals surface area contributed by atoms with Crippen LogP contribution in [-0.4, -0.2) is 25.2 Å². The second-order valence-electron chi connectivity index (χ2n) is 6.63. The van der Waals surface area contributed by atoms with E-state index in [2.05, 4.69) is 12.2 Å². The summed E-state index contributed by atoms with van der Waals surface area (Å²) in [6, 6.07) is 0.411. The van der Waals surface area contributed by atoms with E-state index in [1.54, 1.807) is 0 Å². The lowest BCUT2D eigenvalue weighted by molar-refractivity contribution is -0.144. The van der Waals surface area contributed by atoms with Crippen LogP contribution in [0.3, 0.4) is 0 Å². The molecule has 5 atom stereocenters. The Labute approximate surface area is 110 Å². The van der Waals surface area contributed by atoms with Crippen LogP contribution in [0.25, 0.3) is 0 Å². The van der Waals surface area contributed by atoms with Crippen LogP contribution >= 0.6 is 0 Å². The highest BCUT2D eigenvalue weighted by molar-refractivity contribution is 5.76. The van der Waals surface area contributed by atoms with Crippen LogP contribution in [0.1, 0.15) is 45.4 Å². The van der Waals surface area contributed by atoms with E-state index in [9.17, 15) is 4.79 Å². The van der Waals surface area contributed by atoms with Gasteiger partial charge in [0.2, 0.25) is 0 Å². The molecule has 3 nitrogen and oxygen atoms in total. The Hall–Kier alpha value is -0.570. The summed E-state index contributed by atoms with van der Waals surface area (Å²) in [7, 11) is 1.50. The van der Waals surface area contributed by atoms with E-state index in [0.717, 1.165) is 17.8 Å². The van der Waals surface area contributed by atoms with Gasteiger partial charge in [0.15, 0.2) is 0 Å². The van der Waals surface area contributed by atoms with E-state index < -0.39 is 0 Å². The number of methoxy groups -OCH3 is 1. The molecule has 0 aromatic carbocycles. The zero-order valence-electron chi connectivity index (χ0n) is 11.5. The first-order valence-electron chi connectivity index (χ1n) is 7.53. The van der Waals surface area contributed by atoms with Gasteiger partial charge in [0.1, 0.15) is 6.04 Å². The monoisotopic (exact) mass is 251 g/mol. The first-order valence-corrected chi connectivity index (χ1v) is 7.53. The molecule has 0 heterocycles. The molecule has 3 aliphatic rings. The Kier molecular flexibility index (Phi) is 3.35. The van der Waals surface area contributed by atoms with E-state index in [0.29, 0.717) is 12.0 Å². The van der Waals surface area contributed by atoms with Crippen molar-refractivity contribution in [3.63, 3.8) is 0 Å². The predicted octanol–water partition coefficient (Wildman–Crippen LogP) is 2.35. The van der Waals surface area contributed by atoms with Gasteiger partial charge in [-0.15, -0.1) is 0 Å². The molecule has 0 aromatic heterocycles. The standard InChI is InChI=1S/C15H25NO2/c1-9(13-8-10-3-4-12(13)7-10)16-14(11-5-6-11)15(17)18-2/h9-14,16H,3-8H2,1-2H3. The van der Waals surface area contributed by atoms with Crippen molar-refractivity contribution in [2.75, 3.05) is 7.11 Å². The Bertz CT molecular complexity index is 326. The fraction of sp³-hybridized carbons (Fsp3) is 0.933. The van der Waals surface area contributed by atoms with Crippen LogP contribution in [0.4, 0.5) is 0 Å². The van der Waals surface area contributed by atoms with Gasteiger partial charge in [-0.3, -0.25) is 4.79 Å². The Morgan fingerprint density at radius 3 is 2.50 bits per heavy atom. The molecule has 0 saturated heterocycles. The topological polar surface area (TPSA) is 38.3 Å². The van der Waals surface area contributed by atoms with Crippen LogP contribution in [0, 0.1) is 23.7 Å². The third-order valence-corrected chi connectivity index (χ3v) is 5.43. The zero-order valence-corrected chi connectivity index (χ0v) is 11.5. The number of nitrogens with one attached hydrogen (secondary N) is 1. The number of carbonyl (C=O) groups is 1. The maximum Gasteiger partial charge on any atom is 0.323 e. The second-order valence-corrected chi connectivity index (χ2v) is 6.63. The predicted molar refractivity (Wildman–Crippen MR) is 70.1 cm³/mol. The molecular formula is C15H25NO2. The molecule has 0 radical (unpaired) electrons. The minimum Gasteiger partial charge on any atom is -0.468 e. The molecule has 5 unspecified atom stereocenters. The lowest BCUT2D eigenvalue weighted by atomic mass is 9.83. The number of hydrogen-bond acceptors (Lipinski definition) is 3. The van der Waals surface area contributed by atoms with Gasteiger partial charge in [0.25, 0.3) is 0 Å². The summed E-state index contributed by atoms with van der Waals surface area (Å²) in [5.74, 6) is 3.14. The lowest BCUT2D eigenvalue weighted by Crippen LogP contribution is -2.48. The minimum atomic E-state index is -0.0625. The van der Waals surface area contributed by atoms with Crippen molar-refractivity contribution >= 4 is 5.97 Å². The average Bonchev–Trinajstić information content (AvgIpc) is 3.00. The van der Waals surface area contributed by atoms with E-state index in [-0.39, 0.29) is 12.0 Å². The Morgan fingerprint density at radius 2 is 2.00 bits per heavy atom. The van der Waals surface area contributed by atoms with Crippen LogP contribution in [-0.2, 0) is 9.53 Å². The SMILES string of the molecule is COC(=O)C(NC(C)C1CC2CCC1C2)C1CC1. The number of rotatable bonds is 5. The highest BCUT2D eigenvalue weighted by Crippen LogP contribution is 2.49. The largest absolute Gasteiger partial charge is 0.468 e. The van der Waals surface area contributed by atoms with Gasteiger partial charge in [-0.1, -0.05) is 6.42 Å². The highest BCUT2D eigenvalue weighted by atomic mass is 16.5. The molecule has 3 rings (SSSR count). The second kappa shape index (κ2) is 4.84. The summed E-state index contributed by atoms with van der Waals surface area (Å²) in [6.07, 6.45) is 8.01. The van der Waals surface area contributed by atoms with Gasteiger partial charge in [-0.25, -0.2) is 0 Å². The van der Waals surface area contributed by atoms with Crippen molar-refractivity contribution in [3.05, 3.63) is 0 Å². The molecule has 3 aliphatic carbocycles. The molecule has 3 saturated carbocycles. The molecule has 0 spiro atoms. The molecule has 3 heteroatoms. The summed E-state index contributed by atoms with van der Waals surface area (Å²) >= 11 is 0. The molecule has 102 valence electrons.